The molecule has 0 radical (unpaired) electrons. The fourth-order valence-corrected chi connectivity index (χ4v) is 2.68. The summed E-state index contributed by atoms with van der Waals surface area (Å²) < 4.78 is 7.91. The Morgan fingerprint density at radius 3 is 2.89 bits per heavy atom. The maximum atomic E-state index is 12.4. The van der Waals surface area contributed by atoms with Crippen LogP contribution in [0.15, 0.2) is 10.7 Å². The van der Waals surface area contributed by atoms with Crippen LogP contribution < -0.4 is 0 Å². The summed E-state index contributed by atoms with van der Waals surface area (Å²) in [5.41, 5.74) is 0.575. The lowest BCUT2D eigenvalue weighted by molar-refractivity contribution is -0.0260. The summed E-state index contributed by atoms with van der Waals surface area (Å²) in [5.74, 6) is -0.00720. The predicted octanol–water partition coefficient (Wildman–Crippen LogP) is 1.47. The van der Waals surface area contributed by atoms with Gasteiger partial charge in [-0.05, 0) is 29.8 Å². The third kappa shape index (κ3) is 2.65. The first-order valence-corrected chi connectivity index (χ1v) is 6.87. The van der Waals surface area contributed by atoms with Gasteiger partial charge in [-0.15, -0.1) is 0 Å². The van der Waals surface area contributed by atoms with E-state index in [1.54, 1.807) is 17.9 Å². The first-order valence-electron chi connectivity index (χ1n) is 6.08. The normalized spacial score (nSPS) is 21.5. The van der Waals surface area contributed by atoms with Crippen LogP contribution in [-0.4, -0.2) is 52.3 Å². The molecule has 2 heterocycles. The number of Topliss-reactive ketones (excluding diaryl/α,β-unsaturated/α-hetero) is 1. The Hall–Kier alpha value is -0.720. The molecule has 0 N–H and O–H groups in total. The Morgan fingerprint density at radius 2 is 2.33 bits per heavy atom. The number of morpholine rings is 1. The van der Waals surface area contributed by atoms with E-state index in [2.05, 4.69) is 39.8 Å². The molecule has 0 bridgehead atoms. The van der Waals surface area contributed by atoms with E-state index in [1.165, 1.54) is 0 Å². The van der Waals surface area contributed by atoms with Crippen LogP contribution >= 0.6 is 15.9 Å². The van der Waals surface area contributed by atoms with E-state index >= 15 is 0 Å². The third-order valence-corrected chi connectivity index (χ3v) is 3.83. The highest BCUT2D eigenvalue weighted by Crippen LogP contribution is 2.20. The van der Waals surface area contributed by atoms with Crippen LogP contribution in [0.2, 0.25) is 0 Å². The molecule has 1 atom stereocenters. The van der Waals surface area contributed by atoms with Gasteiger partial charge in [-0.1, -0.05) is 0 Å². The highest BCUT2D eigenvalue weighted by atomic mass is 79.9. The Balaban J connectivity index is 2.14. The predicted molar refractivity (Wildman–Crippen MR) is 71.7 cm³/mol. The minimum Gasteiger partial charge on any atom is -0.367 e. The van der Waals surface area contributed by atoms with E-state index in [9.17, 15) is 4.79 Å². The third-order valence-electron chi connectivity index (χ3n) is 3.25. The minimum absolute atomic E-state index is 0.00720. The lowest BCUT2D eigenvalue weighted by Crippen LogP contribution is -2.49. The average molecular weight is 316 g/mol. The number of carbonyl (C=O) groups is 1. The first-order chi connectivity index (χ1) is 8.50. The number of ketones is 1. The zero-order valence-electron chi connectivity index (χ0n) is 10.9. The van der Waals surface area contributed by atoms with Gasteiger partial charge in [-0.2, -0.15) is 5.10 Å². The molecule has 6 heteroatoms. The molecule has 1 saturated heterocycles. The summed E-state index contributed by atoms with van der Waals surface area (Å²) in [6.45, 7) is 6.39. The molecular formula is C12H18BrN3O2. The second-order valence-corrected chi connectivity index (χ2v) is 5.63. The molecule has 1 aliphatic rings. The Bertz CT molecular complexity index is 425. The van der Waals surface area contributed by atoms with Gasteiger partial charge in [0.1, 0.15) is 11.8 Å². The van der Waals surface area contributed by atoms with Crippen LogP contribution in [0, 0.1) is 0 Å². The van der Waals surface area contributed by atoms with Crippen molar-refractivity contribution in [2.45, 2.75) is 26.0 Å². The summed E-state index contributed by atoms with van der Waals surface area (Å²) in [7, 11) is 1.76. The summed E-state index contributed by atoms with van der Waals surface area (Å²) in [5, 5.41) is 4.07. The van der Waals surface area contributed by atoms with Gasteiger partial charge < -0.3 is 4.74 Å². The maximum Gasteiger partial charge on any atom is 0.211 e. The molecular weight excluding hydrogens is 298 g/mol. The minimum atomic E-state index is -0.396. The number of hydrogen-bond acceptors (Lipinski definition) is 4. The van der Waals surface area contributed by atoms with E-state index in [-0.39, 0.29) is 5.78 Å². The number of hydrogen-bond donors (Lipinski definition) is 0. The van der Waals surface area contributed by atoms with Crippen molar-refractivity contribution in [3.05, 3.63) is 16.4 Å². The van der Waals surface area contributed by atoms with E-state index in [4.69, 9.17) is 4.74 Å². The number of halogens is 1. The molecule has 1 unspecified atom stereocenters. The zero-order chi connectivity index (χ0) is 13.3. The molecule has 1 aromatic heterocycles. The van der Waals surface area contributed by atoms with Gasteiger partial charge >= 0.3 is 0 Å². The number of ether oxygens (including phenoxy) is 1. The molecule has 2 rings (SSSR count). The van der Waals surface area contributed by atoms with Gasteiger partial charge in [0, 0.05) is 26.2 Å². The molecule has 18 heavy (non-hydrogen) atoms. The Kier molecular flexibility index (Phi) is 4.19. The monoisotopic (exact) mass is 315 g/mol. The highest BCUT2D eigenvalue weighted by molar-refractivity contribution is 9.10. The highest BCUT2D eigenvalue weighted by Gasteiger charge is 2.31. The van der Waals surface area contributed by atoms with E-state index in [0.717, 1.165) is 11.0 Å². The summed E-state index contributed by atoms with van der Waals surface area (Å²) in [6.07, 6.45) is 1.24. The molecule has 1 fully saturated rings. The fraction of sp³-hybridized carbons (Fsp3) is 0.667. The van der Waals surface area contributed by atoms with Crippen molar-refractivity contribution in [3.8, 4) is 0 Å². The van der Waals surface area contributed by atoms with Crippen LogP contribution in [0.1, 0.15) is 24.3 Å². The van der Waals surface area contributed by atoms with Crippen LogP contribution in [0.5, 0.6) is 0 Å². The zero-order valence-corrected chi connectivity index (χ0v) is 12.5. The van der Waals surface area contributed by atoms with Gasteiger partial charge in [0.15, 0.2) is 0 Å². The molecule has 0 aromatic carbocycles. The quantitative estimate of drug-likeness (QED) is 0.793. The van der Waals surface area contributed by atoms with Crippen molar-refractivity contribution in [1.82, 2.24) is 14.7 Å². The number of rotatable bonds is 3. The van der Waals surface area contributed by atoms with Crippen LogP contribution in [0.3, 0.4) is 0 Å². The van der Waals surface area contributed by atoms with Crippen LogP contribution in [0.4, 0.5) is 0 Å². The largest absolute Gasteiger partial charge is 0.367 e. The topological polar surface area (TPSA) is 47.4 Å². The molecule has 1 aromatic rings. The molecule has 0 saturated carbocycles. The smallest absolute Gasteiger partial charge is 0.211 e. The Morgan fingerprint density at radius 1 is 1.61 bits per heavy atom. The Labute approximate surface area is 115 Å². The maximum absolute atomic E-state index is 12.4. The number of aryl methyl sites for hydroxylation is 1. The van der Waals surface area contributed by atoms with Crippen molar-refractivity contribution in [2.75, 3.05) is 19.7 Å². The standard InChI is InChI=1S/C12H18BrN3O2/c1-8(2)16-4-5-18-10(7-16)12(17)11-9(13)6-14-15(11)3/h6,8,10H,4-5,7H2,1-3H3. The van der Waals surface area contributed by atoms with Gasteiger partial charge in [-0.25, -0.2) is 0 Å². The van der Waals surface area contributed by atoms with Gasteiger partial charge in [-0.3, -0.25) is 14.4 Å². The number of carbonyl (C=O) groups excluding carboxylic acids is 1. The molecule has 0 amide bonds. The fourth-order valence-electron chi connectivity index (χ4n) is 2.14. The van der Waals surface area contributed by atoms with Crippen molar-refractivity contribution in [2.24, 2.45) is 7.05 Å². The second-order valence-electron chi connectivity index (χ2n) is 4.78. The molecule has 100 valence electrons. The molecule has 1 aliphatic heterocycles. The van der Waals surface area contributed by atoms with E-state index < -0.39 is 6.10 Å². The number of nitrogens with zero attached hydrogens (tertiary/aromatic N) is 3. The first kappa shape index (κ1) is 13.7. The summed E-state index contributed by atoms with van der Waals surface area (Å²) in [4.78, 5) is 14.7. The van der Waals surface area contributed by atoms with Crippen molar-refractivity contribution < 1.29 is 9.53 Å². The van der Waals surface area contributed by atoms with Gasteiger partial charge in [0.2, 0.25) is 5.78 Å². The van der Waals surface area contributed by atoms with E-state index in [0.29, 0.717) is 24.9 Å². The number of aromatic nitrogens is 2. The van der Waals surface area contributed by atoms with Crippen LogP contribution in [0.25, 0.3) is 0 Å². The van der Waals surface area contributed by atoms with Crippen molar-refractivity contribution in [3.63, 3.8) is 0 Å². The molecule has 0 spiro atoms. The van der Waals surface area contributed by atoms with Gasteiger partial charge in [0.05, 0.1) is 17.3 Å². The van der Waals surface area contributed by atoms with Crippen LogP contribution in [-0.2, 0) is 11.8 Å². The van der Waals surface area contributed by atoms with E-state index in [1.807, 2.05) is 0 Å². The average Bonchev–Trinajstić information content (AvgIpc) is 2.68. The summed E-state index contributed by atoms with van der Waals surface area (Å²) >= 11 is 3.36. The lowest BCUT2D eigenvalue weighted by atomic mass is 10.1. The molecule has 0 aliphatic carbocycles. The molecule has 5 nitrogen and oxygen atoms in total. The van der Waals surface area contributed by atoms with Crippen molar-refractivity contribution in [1.29, 1.82) is 0 Å². The SMILES string of the molecule is CC(C)N1CCOC(C(=O)c2c(Br)cnn2C)C1. The summed E-state index contributed by atoms with van der Waals surface area (Å²) in [6, 6.07) is 0.430. The van der Waals surface area contributed by atoms with Gasteiger partial charge in [0.25, 0.3) is 0 Å². The van der Waals surface area contributed by atoms with Crippen molar-refractivity contribution >= 4 is 21.7 Å². The lowest BCUT2D eigenvalue weighted by Gasteiger charge is -2.34. The second kappa shape index (κ2) is 5.50.